The summed E-state index contributed by atoms with van der Waals surface area (Å²) in [4.78, 5) is 11.7. The van der Waals surface area contributed by atoms with Gasteiger partial charge in [-0.25, -0.2) is 4.39 Å². The van der Waals surface area contributed by atoms with Gasteiger partial charge >= 0.3 is 0 Å². The molecule has 6 heteroatoms. The molecule has 0 aromatic heterocycles. The Morgan fingerprint density at radius 1 is 1.27 bits per heavy atom. The molecule has 0 aliphatic heterocycles. The van der Waals surface area contributed by atoms with E-state index in [0.717, 1.165) is 0 Å². The number of nitriles is 1. The smallest absolute Gasteiger partial charge is 0.241 e. The maximum atomic E-state index is 13.0. The third kappa shape index (κ3) is 4.30. The number of rotatable bonds is 5. The second kappa shape index (κ2) is 7.20. The first-order valence-corrected chi connectivity index (χ1v) is 6.57. The summed E-state index contributed by atoms with van der Waals surface area (Å²) >= 11 is 0. The van der Waals surface area contributed by atoms with Crippen LogP contribution >= 0.6 is 0 Å². The fourth-order valence-electron chi connectivity index (χ4n) is 1.83. The van der Waals surface area contributed by atoms with Crippen molar-refractivity contribution in [2.24, 2.45) is 0 Å². The zero-order valence-corrected chi connectivity index (χ0v) is 11.6. The lowest BCUT2D eigenvalue weighted by Crippen LogP contribution is -2.30. The van der Waals surface area contributed by atoms with Gasteiger partial charge in [0.25, 0.3) is 0 Å². The number of hydrogen-bond donors (Lipinski definition) is 3. The first kappa shape index (κ1) is 15.5. The van der Waals surface area contributed by atoms with Gasteiger partial charge in [-0.2, -0.15) is 5.26 Å². The minimum atomic E-state index is -1.08. The summed E-state index contributed by atoms with van der Waals surface area (Å²) in [5, 5.41) is 18.6. The second-order valence-corrected chi connectivity index (χ2v) is 4.64. The van der Waals surface area contributed by atoms with Crippen LogP contribution in [0.15, 0.2) is 48.5 Å². The predicted molar refractivity (Wildman–Crippen MR) is 78.9 cm³/mol. The van der Waals surface area contributed by atoms with Crippen LogP contribution in [0.25, 0.3) is 0 Å². The minimum absolute atomic E-state index is 0.202. The summed E-state index contributed by atoms with van der Waals surface area (Å²) in [5.41, 5.74) is 6.55. The van der Waals surface area contributed by atoms with Crippen molar-refractivity contribution in [3.63, 3.8) is 0 Å². The molecule has 2 aromatic carbocycles. The van der Waals surface area contributed by atoms with Crippen LogP contribution in [0.3, 0.4) is 0 Å². The van der Waals surface area contributed by atoms with Crippen LogP contribution in [0.1, 0.15) is 23.7 Å². The highest BCUT2D eigenvalue weighted by Gasteiger charge is 2.13. The van der Waals surface area contributed by atoms with Crippen molar-refractivity contribution in [3.05, 3.63) is 65.5 Å². The van der Waals surface area contributed by atoms with Gasteiger partial charge in [-0.1, -0.05) is 12.1 Å². The van der Waals surface area contributed by atoms with Crippen molar-refractivity contribution in [2.75, 3.05) is 5.43 Å². The molecule has 5 nitrogen and oxygen atoms in total. The molecular formula is C16H14FN3O2. The topological polar surface area (TPSA) is 85.2 Å². The molecule has 0 saturated heterocycles. The third-order valence-electron chi connectivity index (χ3n) is 2.97. The number of carbonyl (C=O) groups is 1. The van der Waals surface area contributed by atoms with Crippen molar-refractivity contribution >= 4 is 11.6 Å². The van der Waals surface area contributed by atoms with Gasteiger partial charge in [0, 0.05) is 0 Å². The molecule has 0 aliphatic rings. The van der Waals surface area contributed by atoms with Crippen molar-refractivity contribution in [3.8, 4) is 6.07 Å². The average Bonchev–Trinajstić information content (AvgIpc) is 2.53. The van der Waals surface area contributed by atoms with Crippen LogP contribution in [0, 0.1) is 17.1 Å². The molecule has 22 heavy (non-hydrogen) atoms. The first-order chi connectivity index (χ1) is 10.6. The SMILES string of the molecule is N#Cc1ccc(NNC(=O)CC(O)c2cccc(F)c2)cc1. The van der Waals surface area contributed by atoms with E-state index in [-0.39, 0.29) is 6.42 Å². The van der Waals surface area contributed by atoms with E-state index in [2.05, 4.69) is 10.9 Å². The van der Waals surface area contributed by atoms with Gasteiger partial charge in [-0.15, -0.1) is 0 Å². The summed E-state index contributed by atoms with van der Waals surface area (Å²) in [6.45, 7) is 0. The number of aliphatic hydroxyl groups is 1. The van der Waals surface area contributed by atoms with E-state index < -0.39 is 17.8 Å². The van der Waals surface area contributed by atoms with Crippen molar-refractivity contribution in [1.29, 1.82) is 5.26 Å². The number of anilines is 1. The Bertz CT molecular complexity index is 695. The van der Waals surface area contributed by atoms with Crippen LogP contribution in [-0.2, 0) is 4.79 Å². The lowest BCUT2D eigenvalue weighted by molar-refractivity contribution is -0.122. The van der Waals surface area contributed by atoms with Gasteiger partial charge < -0.3 is 5.11 Å². The van der Waals surface area contributed by atoms with Crippen LogP contribution in [-0.4, -0.2) is 11.0 Å². The zero-order valence-electron chi connectivity index (χ0n) is 11.6. The zero-order chi connectivity index (χ0) is 15.9. The summed E-state index contributed by atoms with van der Waals surface area (Å²) < 4.78 is 13.0. The molecule has 0 radical (unpaired) electrons. The summed E-state index contributed by atoms with van der Waals surface area (Å²) in [6, 6.07) is 14.0. The lowest BCUT2D eigenvalue weighted by Gasteiger charge is -2.12. The fraction of sp³-hybridized carbons (Fsp3) is 0.125. The summed E-state index contributed by atoms with van der Waals surface area (Å²) in [6.07, 6.45) is -1.29. The monoisotopic (exact) mass is 299 g/mol. The number of aliphatic hydroxyl groups excluding tert-OH is 1. The predicted octanol–water partition coefficient (Wildman–Crippen LogP) is 2.26. The fourth-order valence-corrected chi connectivity index (χ4v) is 1.83. The number of amides is 1. The van der Waals surface area contributed by atoms with Gasteiger partial charge in [-0.05, 0) is 42.0 Å². The molecule has 1 unspecified atom stereocenters. The van der Waals surface area contributed by atoms with E-state index in [4.69, 9.17) is 5.26 Å². The molecule has 0 heterocycles. The van der Waals surface area contributed by atoms with E-state index in [0.29, 0.717) is 16.8 Å². The molecule has 1 amide bonds. The Balaban J connectivity index is 1.86. The van der Waals surface area contributed by atoms with Gasteiger partial charge in [0.15, 0.2) is 0 Å². The molecule has 0 spiro atoms. The molecule has 0 fully saturated rings. The normalized spacial score (nSPS) is 11.3. The number of hydrazine groups is 1. The standard InChI is InChI=1S/C16H14FN3O2/c17-13-3-1-2-12(8-13)15(21)9-16(22)20-19-14-6-4-11(10-18)5-7-14/h1-8,15,19,21H,9H2,(H,20,22). The Labute approximate surface area is 127 Å². The molecule has 2 rings (SSSR count). The van der Waals surface area contributed by atoms with Gasteiger partial charge in [0.05, 0.1) is 29.8 Å². The number of carbonyl (C=O) groups excluding carboxylic acids is 1. The first-order valence-electron chi connectivity index (χ1n) is 6.57. The van der Waals surface area contributed by atoms with Gasteiger partial charge in [0.2, 0.25) is 5.91 Å². The molecule has 0 saturated carbocycles. The number of nitrogens with one attached hydrogen (secondary N) is 2. The number of hydrogen-bond acceptors (Lipinski definition) is 4. The number of benzene rings is 2. The summed E-state index contributed by atoms with van der Waals surface area (Å²) in [5.74, 6) is -0.909. The van der Waals surface area contributed by atoms with Crippen LogP contribution in [0.4, 0.5) is 10.1 Å². The molecule has 1 atom stereocenters. The third-order valence-corrected chi connectivity index (χ3v) is 2.97. The van der Waals surface area contributed by atoms with Crippen LogP contribution in [0.5, 0.6) is 0 Å². The average molecular weight is 299 g/mol. The lowest BCUT2D eigenvalue weighted by atomic mass is 10.1. The Kier molecular flexibility index (Phi) is 5.07. The van der Waals surface area contributed by atoms with Crippen LogP contribution < -0.4 is 10.9 Å². The van der Waals surface area contributed by atoms with Crippen LogP contribution in [0.2, 0.25) is 0 Å². The van der Waals surface area contributed by atoms with Crippen molar-refractivity contribution < 1.29 is 14.3 Å². The van der Waals surface area contributed by atoms with Gasteiger partial charge in [0.1, 0.15) is 5.82 Å². The molecule has 2 aromatic rings. The quantitative estimate of drug-likeness (QED) is 0.739. The van der Waals surface area contributed by atoms with E-state index in [1.54, 1.807) is 30.3 Å². The molecule has 0 bridgehead atoms. The second-order valence-electron chi connectivity index (χ2n) is 4.64. The Morgan fingerprint density at radius 2 is 2.00 bits per heavy atom. The highest BCUT2D eigenvalue weighted by atomic mass is 19.1. The highest BCUT2D eigenvalue weighted by molar-refractivity contribution is 5.78. The molecule has 3 N–H and O–H groups in total. The van der Waals surface area contributed by atoms with Crippen molar-refractivity contribution in [1.82, 2.24) is 5.43 Å². The maximum absolute atomic E-state index is 13.0. The van der Waals surface area contributed by atoms with E-state index in [9.17, 15) is 14.3 Å². The Hall–Kier alpha value is -2.91. The van der Waals surface area contributed by atoms with E-state index >= 15 is 0 Å². The van der Waals surface area contributed by atoms with Crippen molar-refractivity contribution in [2.45, 2.75) is 12.5 Å². The summed E-state index contributed by atoms with van der Waals surface area (Å²) in [7, 11) is 0. The number of halogens is 1. The molecule has 112 valence electrons. The Morgan fingerprint density at radius 3 is 2.64 bits per heavy atom. The van der Waals surface area contributed by atoms with E-state index in [1.807, 2.05) is 6.07 Å². The largest absolute Gasteiger partial charge is 0.388 e. The number of nitrogens with zero attached hydrogens (tertiary/aromatic N) is 1. The molecular weight excluding hydrogens is 285 g/mol. The molecule has 0 aliphatic carbocycles. The maximum Gasteiger partial charge on any atom is 0.241 e. The minimum Gasteiger partial charge on any atom is -0.388 e. The van der Waals surface area contributed by atoms with E-state index in [1.165, 1.54) is 18.2 Å². The van der Waals surface area contributed by atoms with Gasteiger partial charge in [-0.3, -0.25) is 15.6 Å². The highest BCUT2D eigenvalue weighted by Crippen LogP contribution is 2.17.